The second kappa shape index (κ2) is 7.46. The minimum atomic E-state index is 0.593. The molecule has 2 atom stereocenters. The van der Waals surface area contributed by atoms with Crippen molar-refractivity contribution < 1.29 is 0 Å². The first-order valence-electron chi connectivity index (χ1n) is 8.39. The van der Waals surface area contributed by atoms with Gasteiger partial charge in [0.15, 0.2) is 0 Å². The van der Waals surface area contributed by atoms with Crippen molar-refractivity contribution in [3.05, 3.63) is 66.2 Å². The van der Waals surface area contributed by atoms with Crippen LogP contribution in [0.25, 0.3) is 0 Å². The normalized spacial score (nSPS) is 22.4. The number of rotatable bonds is 5. The maximum atomic E-state index is 3.70. The van der Waals surface area contributed by atoms with Crippen LogP contribution in [0, 0.1) is 5.92 Å². The van der Waals surface area contributed by atoms with Gasteiger partial charge in [0.25, 0.3) is 0 Å². The number of hydrogen-bond acceptors (Lipinski definition) is 2. The predicted molar refractivity (Wildman–Crippen MR) is 94.2 cm³/mol. The molecule has 3 rings (SSSR count). The summed E-state index contributed by atoms with van der Waals surface area (Å²) >= 11 is 0. The van der Waals surface area contributed by atoms with Crippen LogP contribution in [-0.2, 0) is 6.42 Å². The van der Waals surface area contributed by atoms with Crippen molar-refractivity contribution in [3.63, 3.8) is 0 Å². The van der Waals surface area contributed by atoms with Gasteiger partial charge < -0.3 is 10.2 Å². The molecule has 116 valence electrons. The minimum absolute atomic E-state index is 0.593. The van der Waals surface area contributed by atoms with E-state index >= 15 is 0 Å². The van der Waals surface area contributed by atoms with Crippen LogP contribution in [0.3, 0.4) is 0 Å². The lowest BCUT2D eigenvalue weighted by molar-refractivity contribution is 0.173. The molecule has 1 fully saturated rings. The van der Waals surface area contributed by atoms with E-state index < -0.39 is 0 Å². The monoisotopic (exact) mass is 294 g/mol. The summed E-state index contributed by atoms with van der Waals surface area (Å²) in [5.74, 6) is 0.685. The first-order chi connectivity index (χ1) is 10.8. The molecule has 0 amide bonds. The lowest BCUT2D eigenvalue weighted by Gasteiger charge is -2.37. The average Bonchev–Trinajstić information content (AvgIpc) is 2.57. The van der Waals surface area contributed by atoms with Crippen LogP contribution in [0.1, 0.15) is 18.9 Å². The van der Waals surface area contributed by atoms with E-state index in [1.165, 1.54) is 37.3 Å². The summed E-state index contributed by atoms with van der Waals surface area (Å²) < 4.78 is 0. The molecule has 0 unspecified atom stereocenters. The quantitative estimate of drug-likeness (QED) is 0.895. The highest BCUT2D eigenvalue weighted by atomic mass is 15.1. The van der Waals surface area contributed by atoms with Crippen LogP contribution >= 0.6 is 0 Å². The molecule has 0 radical (unpaired) electrons. The molecular formula is C20H26N2. The van der Waals surface area contributed by atoms with Crippen LogP contribution in [0.15, 0.2) is 60.7 Å². The molecule has 0 bridgehead atoms. The van der Waals surface area contributed by atoms with Crippen molar-refractivity contribution >= 4 is 5.69 Å². The minimum Gasteiger partial charge on any atom is -0.382 e. The fourth-order valence-corrected chi connectivity index (χ4v) is 3.33. The van der Waals surface area contributed by atoms with E-state index in [-0.39, 0.29) is 0 Å². The van der Waals surface area contributed by atoms with Gasteiger partial charge in [-0.05, 0) is 36.5 Å². The molecule has 2 nitrogen and oxygen atoms in total. The molecule has 0 spiro atoms. The summed E-state index contributed by atoms with van der Waals surface area (Å²) in [6.07, 6.45) is 2.38. The van der Waals surface area contributed by atoms with E-state index in [0.717, 1.165) is 6.42 Å². The number of anilines is 1. The summed E-state index contributed by atoms with van der Waals surface area (Å²) in [4.78, 5) is 2.61. The molecule has 1 N–H and O–H groups in total. The molecule has 0 saturated carbocycles. The first-order valence-corrected chi connectivity index (χ1v) is 8.39. The lowest BCUT2D eigenvalue weighted by atomic mass is 9.93. The van der Waals surface area contributed by atoms with Gasteiger partial charge in [-0.15, -0.1) is 0 Å². The molecule has 22 heavy (non-hydrogen) atoms. The summed E-state index contributed by atoms with van der Waals surface area (Å²) in [5.41, 5.74) is 2.69. The van der Waals surface area contributed by atoms with E-state index in [9.17, 15) is 0 Å². The van der Waals surface area contributed by atoms with Gasteiger partial charge >= 0.3 is 0 Å². The van der Waals surface area contributed by atoms with Crippen molar-refractivity contribution in [2.24, 2.45) is 5.92 Å². The van der Waals surface area contributed by atoms with Gasteiger partial charge in [0.2, 0.25) is 0 Å². The lowest BCUT2D eigenvalue weighted by Crippen LogP contribution is -2.45. The highest BCUT2D eigenvalue weighted by Gasteiger charge is 2.25. The number of hydrogen-bond donors (Lipinski definition) is 1. The van der Waals surface area contributed by atoms with E-state index in [0.29, 0.717) is 12.0 Å². The Morgan fingerprint density at radius 3 is 2.36 bits per heavy atom. The Morgan fingerprint density at radius 1 is 1.00 bits per heavy atom. The first kappa shape index (κ1) is 15.1. The van der Waals surface area contributed by atoms with Crippen molar-refractivity contribution in [2.75, 3.05) is 25.0 Å². The Morgan fingerprint density at radius 2 is 1.68 bits per heavy atom. The zero-order valence-corrected chi connectivity index (χ0v) is 13.4. The zero-order chi connectivity index (χ0) is 15.2. The van der Waals surface area contributed by atoms with Gasteiger partial charge in [0, 0.05) is 31.4 Å². The SMILES string of the molecule is C[C@@H]1CN(CCc2ccccc2)CC[C@H]1Nc1ccccc1. The number of piperidine rings is 1. The molecule has 1 heterocycles. The van der Waals surface area contributed by atoms with Gasteiger partial charge in [0.05, 0.1) is 0 Å². The Bertz CT molecular complexity index is 552. The van der Waals surface area contributed by atoms with Crippen LogP contribution in [0.4, 0.5) is 5.69 Å². The zero-order valence-electron chi connectivity index (χ0n) is 13.4. The third-order valence-electron chi connectivity index (χ3n) is 4.67. The Kier molecular flexibility index (Phi) is 5.12. The van der Waals surface area contributed by atoms with E-state index in [1.54, 1.807) is 0 Å². The van der Waals surface area contributed by atoms with Crippen molar-refractivity contribution in [1.82, 2.24) is 4.90 Å². The van der Waals surface area contributed by atoms with Crippen LogP contribution in [0.2, 0.25) is 0 Å². The molecule has 1 aliphatic rings. The van der Waals surface area contributed by atoms with Crippen LogP contribution < -0.4 is 5.32 Å². The molecule has 0 aromatic heterocycles. The van der Waals surface area contributed by atoms with Gasteiger partial charge in [-0.2, -0.15) is 0 Å². The third kappa shape index (κ3) is 4.11. The molecule has 1 saturated heterocycles. The van der Waals surface area contributed by atoms with Crippen molar-refractivity contribution in [2.45, 2.75) is 25.8 Å². The highest BCUT2D eigenvalue weighted by Crippen LogP contribution is 2.21. The number of benzene rings is 2. The summed E-state index contributed by atoms with van der Waals surface area (Å²) in [6.45, 7) is 5.93. The molecule has 2 aromatic carbocycles. The van der Waals surface area contributed by atoms with E-state index in [4.69, 9.17) is 0 Å². The Balaban J connectivity index is 1.47. The smallest absolute Gasteiger partial charge is 0.0342 e. The van der Waals surface area contributed by atoms with Crippen molar-refractivity contribution in [1.29, 1.82) is 0 Å². The molecule has 2 aromatic rings. The third-order valence-corrected chi connectivity index (χ3v) is 4.67. The second-order valence-electron chi connectivity index (χ2n) is 6.42. The number of nitrogens with zero attached hydrogens (tertiary/aromatic N) is 1. The average molecular weight is 294 g/mol. The standard InChI is InChI=1S/C20H26N2/c1-17-16-22(14-12-18-8-4-2-5-9-18)15-13-20(17)21-19-10-6-3-7-11-19/h2-11,17,20-21H,12-16H2,1H3/t17-,20-/m1/s1. The summed E-state index contributed by atoms with van der Waals surface area (Å²) in [6, 6.07) is 22.0. The largest absolute Gasteiger partial charge is 0.382 e. The van der Waals surface area contributed by atoms with Gasteiger partial charge in [-0.3, -0.25) is 0 Å². The Hall–Kier alpha value is -1.80. The number of likely N-dealkylation sites (tertiary alicyclic amines) is 1. The number of para-hydroxylation sites is 1. The summed E-state index contributed by atoms with van der Waals surface area (Å²) in [5, 5.41) is 3.70. The maximum Gasteiger partial charge on any atom is 0.0342 e. The highest BCUT2D eigenvalue weighted by molar-refractivity contribution is 5.43. The molecule has 1 aliphatic heterocycles. The molecule has 2 heteroatoms. The predicted octanol–water partition coefficient (Wildman–Crippen LogP) is 4.05. The van der Waals surface area contributed by atoms with Gasteiger partial charge in [0.1, 0.15) is 0 Å². The van der Waals surface area contributed by atoms with Crippen LogP contribution in [0.5, 0.6) is 0 Å². The molecule has 0 aliphatic carbocycles. The second-order valence-corrected chi connectivity index (χ2v) is 6.42. The van der Waals surface area contributed by atoms with Gasteiger partial charge in [-0.25, -0.2) is 0 Å². The summed E-state index contributed by atoms with van der Waals surface area (Å²) in [7, 11) is 0. The Labute approximate surface area is 134 Å². The van der Waals surface area contributed by atoms with Crippen molar-refractivity contribution in [3.8, 4) is 0 Å². The fraction of sp³-hybridized carbons (Fsp3) is 0.400. The van der Waals surface area contributed by atoms with E-state index in [2.05, 4.69) is 77.8 Å². The van der Waals surface area contributed by atoms with Crippen LogP contribution in [-0.4, -0.2) is 30.6 Å². The van der Waals surface area contributed by atoms with Gasteiger partial charge in [-0.1, -0.05) is 55.5 Å². The number of nitrogens with one attached hydrogen (secondary N) is 1. The topological polar surface area (TPSA) is 15.3 Å². The molecular weight excluding hydrogens is 268 g/mol. The van der Waals surface area contributed by atoms with E-state index in [1.807, 2.05) is 0 Å². The fourth-order valence-electron chi connectivity index (χ4n) is 3.33. The maximum absolute atomic E-state index is 3.70.